The lowest BCUT2D eigenvalue weighted by Gasteiger charge is -2.52. The maximum atomic E-state index is 16.9. The number of hydrogen-bond donors (Lipinski definition) is 1. The number of hydrogen-bond acceptors (Lipinski definition) is 6. The third kappa shape index (κ3) is 8.48. The SMILES string of the molecule is O[C@@]1(C(F)(F)c2ccccc2)O[C@H](COCc2ccccc2)[C@@H](OCc2ccccc2)[C@H](OCc2ccccc2)[C@H]1OCc1ccccc1. The van der Waals surface area contributed by atoms with Gasteiger partial charge in [0.05, 0.1) is 33.0 Å². The fourth-order valence-electron chi connectivity index (χ4n) is 5.96. The summed E-state index contributed by atoms with van der Waals surface area (Å²) in [4.78, 5) is 0. The van der Waals surface area contributed by atoms with Gasteiger partial charge in [-0.1, -0.05) is 152 Å². The summed E-state index contributed by atoms with van der Waals surface area (Å²) in [5.74, 6) is -7.12. The van der Waals surface area contributed by atoms with Crippen molar-refractivity contribution in [1.82, 2.24) is 0 Å². The van der Waals surface area contributed by atoms with Crippen LogP contribution in [0.25, 0.3) is 0 Å². The van der Waals surface area contributed by atoms with Gasteiger partial charge in [0.25, 0.3) is 5.79 Å². The molecule has 6 rings (SSSR count). The molecular formula is C41H40F2O6. The molecule has 0 bridgehead atoms. The Morgan fingerprint density at radius 1 is 0.531 bits per heavy atom. The average Bonchev–Trinajstić information content (AvgIpc) is 3.15. The van der Waals surface area contributed by atoms with Crippen LogP contribution >= 0.6 is 0 Å². The summed E-state index contributed by atoms with van der Waals surface area (Å²) >= 11 is 0. The second-order valence-electron chi connectivity index (χ2n) is 12.0. The van der Waals surface area contributed by atoms with Gasteiger partial charge in [0.2, 0.25) is 0 Å². The molecule has 8 heteroatoms. The highest BCUT2D eigenvalue weighted by Gasteiger charge is 2.68. The molecule has 6 nitrogen and oxygen atoms in total. The van der Waals surface area contributed by atoms with Gasteiger partial charge in [0.1, 0.15) is 24.4 Å². The fraction of sp³-hybridized carbons (Fsp3) is 0.268. The first-order chi connectivity index (χ1) is 23.9. The van der Waals surface area contributed by atoms with Crippen molar-refractivity contribution in [3.63, 3.8) is 0 Å². The molecule has 0 unspecified atom stereocenters. The van der Waals surface area contributed by atoms with Crippen LogP contribution in [-0.4, -0.2) is 41.9 Å². The first kappa shape index (κ1) is 34.6. The van der Waals surface area contributed by atoms with Gasteiger partial charge in [0, 0.05) is 5.56 Å². The zero-order valence-corrected chi connectivity index (χ0v) is 27.0. The molecule has 0 aliphatic carbocycles. The largest absolute Gasteiger partial charge is 0.374 e. The molecule has 1 heterocycles. The van der Waals surface area contributed by atoms with Gasteiger partial charge in [-0.3, -0.25) is 0 Å². The predicted molar refractivity (Wildman–Crippen MR) is 181 cm³/mol. The van der Waals surface area contributed by atoms with Crippen molar-refractivity contribution in [3.05, 3.63) is 179 Å². The van der Waals surface area contributed by atoms with E-state index in [4.69, 9.17) is 23.7 Å². The summed E-state index contributed by atoms with van der Waals surface area (Å²) in [5, 5.41) is 12.4. The lowest BCUT2D eigenvalue weighted by atomic mass is 9.85. The highest BCUT2D eigenvalue weighted by molar-refractivity contribution is 5.25. The predicted octanol–water partition coefficient (Wildman–Crippen LogP) is 7.84. The molecule has 1 N–H and O–H groups in total. The second kappa shape index (κ2) is 16.4. The molecule has 1 saturated heterocycles. The Labute approximate surface area is 285 Å². The summed E-state index contributed by atoms with van der Waals surface area (Å²) in [5.41, 5.74) is 2.87. The fourth-order valence-corrected chi connectivity index (χ4v) is 5.96. The Balaban J connectivity index is 1.40. The van der Waals surface area contributed by atoms with Crippen molar-refractivity contribution in [2.75, 3.05) is 6.61 Å². The molecule has 0 amide bonds. The molecule has 254 valence electrons. The van der Waals surface area contributed by atoms with Gasteiger partial charge >= 0.3 is 5.92 Å². The summed E-state index contributed by atoms with van der Waals surface area (Å²) in [6.07, 6.45) is -5.07. The number of rotatable bonds is 15. The van der Waals surface area contributed by atoms with Crippen molar-refractivity contribution in [3.8, 4) is 0 Å². The Kier molecular flexibility index (Phi) is 11.6. The molecular weight excluding hydrogens is 626 g/mol. The highest BCUT2D eigenvalue weighted by atomic mass is 19.3. The lowest BCUT2D eigenvalue weighted by Crippen LogP contribution is -2.72. The van der Waals surface area contributed by atoms with Gasteiger partial charge in [-0.2, -0.15) is 8.78 Å². The van der Waals surface area contributed by atoms with Crippen LogP contribution in [0.15, 0.2) is 152 Å². The molecule has 5 aromatic rings. The van der Waals surface area contributed by atoms with Crippen LogP contribution in [0.4, 0.5) is 8.78 Å². The standard InChI is InChI=1S/C41H40F2O6/c42-40(43,35-24-14-5-15-25-35)41(44)39(48-29-34-22-12-4-13-23-34)38(47-28-33-20-10-3-11-21-33)37(46-27-32-18-8-2-9-19-32)36(49-41)30-45-26-31-16-6-1-7-17-31/h1-25,36-39,44H,26-30H2/t36-,37-,38+,39-,41-/m1/s1. The lowest BCUT2D eigenvalue weighted by molar-refractivity contribution is -0.429. The van der Waals surface area contributed by atoms with Crippen molar-refractivity contribution in [2.24, 2.45) is 0 Å². The van der Waals surface area contributed by atoms with Crippen molar-refractivity contribution in [1.29, 1.82) is 0 Å². The Morgan fingerprint density at radius 2 is 0.918 bits per heavy atom. The summed E-state index contributed by atoms with van der Waals surface area (Å²) in [6.45, 7) is 0.121. The monoisotopic (exact) mass is 666 g/mol. The van der Waals surface area contributed by atoms with Gasteiger partial charge < -0.3 is 28.8 Å². The molecule has 0 radical (unpaired) electrons. The quantitative estimate of drug-likeness (QED) is 0.123. The van der Waals surface area contributed by atoms with Crippen LogP contribution in [0.1, 0.15) is 27.8 Å². The van der Waals surface area contributed by atoms with Crippen LogP contribution in [0.2, 0.25) is 0 Å². The van der Waals surface area contributed by atoms with E-state index in [0.717, 1.165) is 22.3 Å². The van der Waals surface area contributed by atoms with E-state index >= 15 is 8.78 Å². The third-order valence-corrected chi connectivity index (χ3v) is 8.53. The molecule has 5 atom stereocenters. The van der Waals surface area contributed by atoms with E-state index < -0.39 is 41.7 Å². The number of benzene rings is 5. The van der Waals surface area contributed by atoms with Crippen molar-refractivity contribution in [2.45, 2.75) is 62.6 Å². The van der Waals surface area contributed by atoms with Gasteiger partial charge in [-0.15, -0.1) is 0 Å². The third-order valence-electron chi connectivity index (χ3n) is 8.53. The molecule has 1 aliphatic rings. The number of aliphatic hydroxyl groups is 1. The molecule has 1 aliphatic heterocycles. The van der Waals surface area contributed by atoms with Crippen molar-refractivity contribution < 1.29 is 37.6 Å². The zero-order valence-electron chi connectivity index (χ0n) is 27.0. The van der Waals surface area contributed by atoms with E-state index in [1.807, 2.05) is 121 Å². The van der Waals surface area contributed by atoms with Gasteiger partial charge in [0.15, 0.2) is 0 Å². The molecule has 0 aromatic heterocycles. The summed E-state index contributed by atoms with van der Waals surface area (Å²) in [6, 6.07) is 44.7. The highest BCUT2D eigenvalue weighted by Crippen LogP contribution is 2.48. The Bertz CT molecular complexity index is 1680. The van der Waals surface area contributed by atoms with Gasteiger partial charge in [-0.05, 0) is 22.3 Å². The number of alkyl halides is 2. The molecule has 0 saturated carbocycles. The minimum atomic E-state index is -3.94. The van der Waals surface area contributed by atoms with E-state index in [2.05, 4.69) is 0 Å². The maximum absolute atomic E-state index is 16.9. The minimum Gasteiger partial charge on any atom is -0.374 e. The van der Waals surface area contributed by atoms with Gasteiger partial charge in [-0.25, -0.2) is 0 Å². The number of halogens is 2. The van der Waals surface area contributed by atoms with E-state index in [-0.39, 0.29) is 33.0 Å². The van der Waals surface area contributed by atoms with Crippen molar-refractivity contribution >= 4 is 0 Å². The molecule has 5 aromatic carbocycles. The van der Waals surface area contributed by atoms with Crippen LogP contribution in [0.5, 0.6) is 0 Å². The topological polar surface area (TPSA) is 66.4 Å². The maximum Gasteiger partial charge on any atom is 0.328 e. The normalized spacial score (nSPS) is 22.5. The number of ether oxygens (including phenoxy) is 5. The first-order valence-electron chi connectivity index (χ1n) is 16.4. The van der Waals surface area contributed by atoms with E-state index in [1.165, 1.54) is 24.3 Å². The minimum absolute atomic E-state index is 0.0481. The Hall–Kier alpha value is -4.28. The molecule has 1 fully saturated rings. The van der Waals surface area contributed by atoms with E-state index in [9.17, 15) is 5.11 Å². The van der Waals surface area contributed by atoms with Crippen LogP contribution in [0, 0.1) is 0 Å². The smallest absolute Gasteiger partial charge is 0.328 e. The van der Waals surface area contributed by atoms with Crippen LogP contribution in [-0.2, 0) is 56.0 Å². The second-order valence-corrected chi connectivity index (χ2v) is 12.0. The van der Waals surface area contributed by atoms with Crippen LogP contribution < -0.4 is 0 Å². The van der Waals surface area contributed by atoms with E-state index in [1.54, 1.807) is 6.07 Å². The summed E-state index contributed by atoms with van der Waals surface area (Å²) in [7, 11) is 0. The average molecular weight is 667 g/mol. The Morgan fingerprint density at radius 3 is 1.39 bits per heavy atom. The van der Waals surface area contributed by atoms with E-state index in [0.29, 0.717) is 0 Å². The first-order valence-corrected chi connectivity index (χ1v) is 16.4. The zero-order chi connectivity index (χ0) is 33.9. The summed E-state index contributed by atoms with van der Waals surface area (Å²) < 4.78 is 65.3. The molecule has 0 spiro atoms. The molecule has 49 heavy (non-hydrogen) atoms. The van der Waals surface area contributed by atoms with Crippen LogP contribution in [0.3, 0.4) is 0 Å².